The maximum Gasteiger partial charge on any atom is 0.309 e. The average Bonchev–Trinajstić information content (AvgIpc) is 2.77. The predicted molar refractivity (Wildman–Crippen MR) is 118 cm³/mol. The molecule has 31 heavy (non-hydrogen) atoms. The van der Waals surface area contributed by atoms with Gasteiger partial charge < -0.3 is 9.47 Å². The van der Waals surface area contributed by atoms with E-state index in [9.17, 15) is 13.6 Å². The van der Waals surface area contributed by atoms with E-state index in [1.54, 1.807) is 6.92 Å². The Morgan fingerprint density at radius 3 is 2.26 bits per heavy atom. The molecule has 0 radical (unpaired) electrons. The third kappa shape index (κ3) is 6.43. The van der Waals surface area contributed by atoms with Gasteiger partial charge in [-0.2, -0.15) is 4.39 Å². The highest BCUT2D eigenvalue weighted by atomic mass is 19.2. The van der Waals surface area contributed by atoms with Crippen molar-refractivity contribution in [2.45, 2.75) is 97.0 Å². The lowest BCUT2D eigenvalue weighted by Gasteiger charge is -2.31. The predicted octanol–water partition coefficient (Wildman–Crippen LogP) is 7.52. The van der Waals surface area contributed by atoms with Crippen LogP contribution in [-0.4, -0.2) is 12.6 Å². The van der Waals surface area contributed by atoms with Gasteiger partial charge in [0.25, 0.3) is 0 Å². The molecule has 0 aromatic heterocycles. The second-order valence-electron chi connectivity index (χ2n) is 9.37. The summed E-state index contributed by atoms with van der Waals surface area (Å²) < 4.78 is 39.3. The number of carbonyl (C=O) groups excluding carboxylic acids is 1. The molecule has 0 spiro atoms. The van der Waals surface area contributed by atoms with E-state index in [1.165, 1.54) is 63.5 Å². The smallest absolute Gasteiger partial charge is 0.309 e. The van der Waals surface area contributed by atoms with Gasteiger partial charge in [0, 0.05) is 5.56 Å². The number of hydrogen-bond acceptors (Lipinski definition) is 3. The molecule has 2 unspecified atom stereocenters. The van der Waals surface area contributed by atoms with Crippen molar-refractivity contribution in [3.05, 3.63) is 29.3 Å². The number of cyclic esters (lactones) is 1. The summed E-state index contributed by atoms with van der Waals surface area (Å²) in [4.78, 5) is 12.6. The number of rotatable bonds is 10. The van der Waals surface area contributed by atoms with Crippen LogP contribution in [0.1, 0.15) is 103 Å². The number of unbranched alkanes of at least 4 members (excludes halogenated alkanes) is 2. The molecule has 1 saturated carbocycles. The van der Waals surface area contributed by atoms with Gasteiger partial charge in [0.2, 0.25) is 5.82 Å². The van der Waals surface area contributed by atoms with E-state index >= 15 is 0 Å². The average molecular weight is 437 g/mol. The van der Waals surface area contributed by atoms with E-state index in [-0.39, 0.29) is 29.8 Å². The fraction of sp³-hybridized carbons (Fsp3) is 0.731. The molecule has 2 fully saturated rings. The molecule has 1 aliphatic heterocycles. The van der Waals surface area contributed by atoms with E-state index in [1.807, 2.05) is 0 Å². The number of halogens is 2. The lowest BCUT2D eigenvalue weighted by atomic mass is 9.77. The molecule has 3 rings (SSSR count). The van der Waals surface area contributed by atoms with Crippen molar-refractivity contribution in [2.24, 2.45) is 17.8 Å². The van der Waals surface area contributed by atoms with E-state index < -0.39 is 17.7 Å². The fourth-order valence-corrected chi connectivity index (χ4v) is 5.24. The highest BCUT2D eigenvalue weighted by Gasteiger charge is 2.34. The van der Waals surface area contributed by atoms with Gasteiger partial charge in [-0.05, 0) is 56.6 Å². The molecular formula is C26H38F2O3. The van der Waals surface area contributed by atoms with Crippen LogP contribution in [0.15, 0.2) is 12.1 Å². The highest BCUT2D eigenvalue weighted by molar-refractivity contribution is 5.73. The SMILES string of the molecule is CCCCCC1CCC(CCC2CCC(c3ccc(OCC)c(F)c3F)OC2=O)CC1. The first-order valence-corrected chi connectivity index (χ1v) is 12.3. The molecule has 1 aromatic carbocycles. The first-order valence-electron chi connectivity index (χ1n) is 12.3. The van der Waals surface area contributed by atoms with Crippen molar-refractivity contribution in [2.75, 3.05) is 6.61 Å². The summed E-state index contributed by atoms with van der Waals surface area (Å²) in [6, 6.07) is 2.89. The lowest BCUT2D eigenvalue weighted by Crippen LogP contribution is -2.28. The Morgan fingerprint density at radius 2 is 1.61 bits per heavy atom. The van der Waals surface area contributed by atoms with Gasteiger partial charge >= 0.3 is 5.97 Å². The molecule has 174 valence electrons. The van der Waals surface area contributed by atoms with Crippen molar-refractivity contribution in [3.8, 4) is 5.75 Å². The third-order valence-electron chi connectivity index (χ3n) is 7.20. The second kappa shape index (κ2) is 11.8. The Hall–Kier alpha value is -1.65. The zero-order chi connectivity index (χ0) is 22.2. The Balaban J connectivity index is 1.44. The van der Waals surface area contributed by atoms with Gasteiger partial charge in [-0.25, -0.2) is 4.39 Å². The molecule has 5 heteroatoms. The second-order valence-corrected chi connectivity index (χ2v) is 9.37. The monoisotopic (exact) mass is 436 g/mol. The molecule has 2 atom stereocenters. The summed E-state index contributed by atoms with van der Waals surface area (Å²) in [6.07, 6.45) is 13.0. The molecule has 1 aliphatic carbocycles. The van der Waals surface area contributed by atoms with Crippen LogP contribution in [0.5, 0.6) is 5.75 Å². The molecule has 3 nitrogen and oxygen atoms in total. The van der Waals surface area contributed by atoms with Crippen molar-refractivity contribution in [3.63, 3.8) is 0 Å². The van der Waals surface area contributed by atoms with Crippen molar-refractivity contribution >= 4 is 5.97 Å². The summed E-state index contributed by atoms with van der Waals surface area (Å²) in [5.74, 6) is -0.866. The third-order valence-corrected chi connectivity index (χ3v) is 7.20. The topological polar surface area (TPSA) is 35.5 Å². The summed E-state index contributed by atoms with van der Waals surface area (Å²) in [6.45, 7) is 4.23. The molecule has 1 heterocycles. The van der Waals surface area contributed by atoms with Crippen LogP contribution in [0, 0.1) is 29.4 Å². The number of carbonyl (C=O) groups is 1. The Labute approximate surface area is 185 Å². The zero-order valence-electron chi connectivity index (χ0n) is 19.1. The van der Waals surface area contributed by atoms with Gasteiger partial charge in [-0.15, -0.1) is 0 Å². The Kier molecular flexibility index (Phi) is 9.15. The largest absolute Gasteiger partial charge is 0.491 e. The summed E-state index contributed by atoms with van der Waals surface area (Å²) in [5.41, 5.74) is 0.106. The van der Waals surface area contributed by atoms with Crippen molar-refractivity contribution < 1.29 is 23.0 Å². The van der Waals surface area contributed by atoms with Crippen LogP contribution >= 0.6 is 0 Å². The summed E-state index contributed by atoms with van der Waals surface area (Å²) in [5, 5.41) is 0. The van der Waals surface area contributed by atoms with Crippen LogP contribution in [0.2, 0.25) is 0 Å². The van der Waals surface area contributed by atoms with E-state index in [4.69, 9.17) is 9.47 Å². The van der Waals surface area contributed by atoms with Gasteiger partial charge in [0.15, 0.2) is 11.6 Å². The molecule has 0 bridgehead atoms. The zero-order valence-corrected chi connectivity index (χ0v) is 19.1. The van der Waals surface area contributed by atoms with Gasteiger partial charge in [0.05, 0.1) is 12.5 Å². The van der Waals surface area contributed by atoms with Crippen LogP contribution < -0.4 is 4.74 Å². The minimum atomic E-state index is -1.01. The molecule has 0 N–H and O–H groups in total. The summed E-state index contributed by atoms with van der Waals surface area (Å²) >= 11 is 0. The highest BCUT2D eigenvalue weighted by Crippen LogP contribution is 2.39. The van der Waals surface area contributed by atoms with Crippen LogP contribution in [0.4, 0.5) is 8.78 Å². The molecule has 1 saturated heterocycles. The van der Waals surface area contributed by atoms with Gasteiger partial charge in [0.1, 0.15) is 6.10 Å². The number of hydrogen-bond donors (Lipinski definition) is 0. The van der Waals surface area contributed by atoms with Crippen LogP contribution in [0.3, 0.4) is 0 Å². The minimum absolute atomic E-state index is 0.106. The molecule has 1 aromatic rings. The van der Waals surface area contributed by atoms with E-state index in [0.29, 0.717) is 18.8 Å². The Bertz CT molecular complexity index is 713. The standard InChI is InChI=1S/C26H38F2O3/c1-3-5-6-7-18-8-10-19(11-9-18)12-13-20-14-16-22(31-26(20)29)21-15-17-23(30-4-2)25(28)24(21)27/h15,17-20,22H,3-14,16H2,1-2H3. The molecular weight excluding hydrogens is 398 g/mol. The Morgan fingerprint density at radius 1 is 0.903 bits per heavy atom. The first-order chi connectivity index (χ1) is 15.0. The van der Waals surface area contributed by atoms with Crippen molar-refractivity contribution in [1.29, 1.82) is 0 Å². The maximum absolute atomic E-state index is 14.5. The van der Waals surface area contributed by atoms with Crippen LogP contribution in [-0.2, 0) is 9.53 Å². The normalized spacial score (nSPS) is 26.5. The van der Waals surface area contributed by atoms with E-state index in [0.717, 1.165) is 18.8 Å². The van der Waals surface area contributed by atoms with E-state index in [2.05, 4.69) is 6.92 Å². The summed E-state index contributed by atoms with van der Waals surface area (Å²) in [7, 11) is 0. The van der Waals surface area contributed by atoms with Crippen LogP contribution in [0.25, 0.3) is 0 Å². The van der Waals surface area contributed by atoms with Crippen molar-refractivity contribution in [1.82, 2.24) is 0 Å². The van der Waals surface area contributed by atoms with Gasteiger partial charge in [-0.3, -0.25) is 4.79 Å². The molecule has 2 aliphatic rings. The number of esters is 1. The van der Waals surface area contributed by atoms with Gasteiger partial charge in [-0.1, -0.05) is 58.3 Å². The first kappa shape index (κ1) is 24.0. The maximum atomic E-state index is 14.5. The quantitative estimate of drug-likeness (QED) is 0.281. The fourth-order valence-electron chi connectivity index (χ4n) is 5.24. The minimum Gasteiger partial charge on any atom is -0.491 e. The number of ether oxygens (including phenoxy) is 2. The molecule has 0 amide bonds. The lowest BCUT2D eigenvalue weighted by molar-refractivity contribution is -0.161. The number of benzene rings is 1.